The highest BCUT2D eigenvalue weighted by Gasteiger charge is 2.01. The van der Waals surface area contributed by atoms with Gasteiger partial charge in [-0.05, 0) is 0 Å². The topological polar surface area (TPSA) is 83.7 Å². The molecule has 0 aromatic rings. The summed E-state index contributed by atoms with van der Waals surface area (Å²) in [6.07, 6.45) is -0.878. The molecule has 0 aromatic carbocycles. The minimum atomic E-state index is -0.878. The minimum Gasteiger partial charge on any atom is -0.321 e. The van der Waals surface area contributed by atoms with Crippen molar-refractivity contribution in [1.82, 2.24) is 22.0 Å². The third-order valence-electron chi connectivity index (χ3n) is 0.767. The first-order valence-electron chi connectivity index (χ1n) is 3.64. The van der Waals surface area contributed by atoms with Gasteiger partial charge in [-0.1, -0.05) is 25.0 Å². The van der Waals surface area contributed by atoms with E-state index in [4.69, 9.17) is 0 Å². The van der Waals surface area contributed by atoms with Gasteiger partial charge in [0.15, 0.2) is 0 Å². The Balaban J connectivity index is 3.10. The Bertz CT molecular complexity index is 109. The van der Waals surface area contributed by atoms with Crippen molar-refractivity contribution in [3.63, 3.8) is 0 Å². The maximum absolute atomic E-state index is 10.5. The summed E-state index contributed by atoms with van der Waals surface area (Å²) < 4.78 is 0. The van der Waals surface area contributed by atoms with Crippen molar-refractivity contribution in [3.05, 3.63) is 0 Å². The van der Waals surface area contributed by atoms with Crippen molar-refractivity contribution in [3.8, 4) is 0 Å². The van der Waals surface area contributed by atoms with Crippen molar-refractivity contribution in [2.75, 3.05) is 13.1 Å². The highest BCUT2D eigenvalue weighted by atomic mass is 16.9. The van der Waals surface area contributed by atoms with Crippen LogP contribution < -0.4 is 22.0 Å². The zero-order valence-corrected chi connectivity index (χ0v) is 7.14. The molecule has 0 bridgehead atoms. The summed E-state index contributed by atoms with van der Waals surface area (Å²) in [5, 5.41) is 0. The molecule has 0 rings (SSSR count). The molecule has 0 aromatic heterocycles. The SMILES string of the molecule is CCNNOC(=O)ONNCC. The lowest BCUT2D eigenvalue weighted by Crippen LogP contribution is -2.38. The number of carbonyl (C=O) groups is 1. The highest BCUT2D eigenvalue weighted by molar-refractivity contribution is 5.58. The third kappa shape index (κ3) is 7.22. The highest BCUT2D eigenvalue weighted by Crippen LogP contribution is 1.73. The fourth-order valence-electron chi connectivity index (χ4n) is 0.321. The zero-order valence-electron chi connectivity index (χ0n) is 7.14. The Kier molecular flexibility index (Phi) is 7.60. The van der Waals surface area contributed by atoms with Crippen LogP contribution in [0.1, 0.15) is 13.8 Å². The molecule has 0 saturated heterocycles. The summed E-state index contributed by atoms with van der Waals surface area (Å²) in [5.74, 6) is 0. The van der Waals surface area contributed by atoms with E-state index in [1.165, 1.54) is 0 Å². The monoisotopic (exact) mass is 178 g/mol. The molecule has 0 radical (unpaired) electrons. The van der Waals surface area contributed by atoms with Gasteiger partial charge >= 0.3 is 6.16 Å². The van der Waals surface area contributed by atoms with E-state index in [0.29, 0.717) is 13.1 Å². The average molecular weight is 178 g/mol. The van der Waals surface area contributed by atoms with Crippen LogP contribution in [-0.2, 0) is 9.68 Å². The lowest BCUT2D eigenvalue weighted by molar-refractivity contribution is -0.0357. The van der Waals surface area contributed by atoms with E-state index in [9.17, 15) is 4.79 Å². The largest absolute Gasteiger partial charge is 0.549 e. The predicted molar refractivity (Wildman–Crippen MR) is 41.2 cm³/mol. The minimum absolute atomic E-state index is 0.633. The summed E-state index contributed by atoms with van der Waals surface area (Å²) in [6, 6.07) is 0. The smallest absolute Gasteiger partial charge is 0.321 e. The summed E-state index contributed by atoms with van der Waals surface area (Å²) >= 11 is 0. The number of carbonyl (C=O) groups excluding carboxylic acids is 1. The summed E-state index contributed by atoms with van der Waals surface area (Å²) in [6.45, 7) is 4.96. The molecule has 72 valence electrons. The van der Waals surface area contributed by atoms with Gasteiger partial charge in [0.1, 0.15) is 0 Å². The third-order valence-corrected chi connectivity index (χ3v) is 0.767. The summed E-state index contributed by atoms with van der Waals surface area (Å²) in [4.78, 5) is 19.2. The van der Waals surface area contributed by atoms with E-state index in [1.54, 1.807) is 0 Å². The van der Waals surface area contributed by atoms with E-state index in [-0.39, 0.29) is 0 Å². The maximum Gasteiger partial charge on any atom is 0.549 e. The number of hydrogen-bond acceptors (Lipinski definition) is 7. The van der Waals surface area contributed by atoms with Crippen LogP contribution in [0.2, 0.25) is 0 Å². The van der Waals surface area contributed by atoms with E-state index in [1.807, 2.05) is 13.8 Å². The molecular formula is C5H14N4O3. The molecule has 0 spiro atoms. The second-order valence-corrected chi connectivity index (χ2v) is 1.72. The van der Waals surface area contributed by atoms with E-state index in [0.717, 1.165) is 0 Å². The van der Waals surface area contributed by atoms with Crippen LogP contribution in [0.15, 0.2) is 0 Å². The maximum atomic E-state index is 10.5. The van der Waals surface area contributed by atoms with Gasteiger partial charge in [0.2, 0.25) is 0 Å². The molecule has 0 saturated carbocycles. The van der Waals surface area contributed by atoms with Gasteiger partial charge < -0.3 is 9.68 Å². The Labute approximate surface area is 70.6 Å². The zero-order chi connectivity index (χ0) is 9.23. The fourth-order valence-corrected chi connectivity index (χ4v) is 0.321. The standard InChI is InChI=1S/C5H14N4O3/c1-3-6-8-11-5(10)12-9-7-4-2/h6-9H,3-4H2,1-2H3. The first-order valence-corrected chi connectivity index (χ1v) is 3.64. The molecular weight excluding hydrogens is 164 g/mol. The van der Waals surface area contributed by atoms with Crippen molar-refractivity contribution in [2.45, 2.75) is 13.8 Å². The van der Waals surface area contributed by atoms with E-state index < -0.39 is 6.16 Å². The number of hydrogen-bond donors (Lipinski definition) is 4. The molecule has 0 aliphatic heterocycles. The van der Waals surface area contributed by atoms with Crippen molar-refractivity contribution < 1.29 is 14.5 Å². The number of hydrazine groups is 2. The quantitative estimate of drug-likeness (QED) is 0.313. The molecule has 12 heavy (non-hydrogen) atoms. The first kappa shape index (κ1) is 11.1. The van der Waals surface area contributed by atoms with Crippen molar-refractivity contribution >= 4 is 6.16 Å². The number of nitrogens with one attached hydrogen (secondary N) is 4. The average Bonchev–Trinajstić information content (AvgIpc) is 2.06. The molecule has 0 unspecified atom stereocenters. The molecule has 0 heterocycles. The molecule has 7 heteroatoms. The van der Waals surface area contributed by atoms with Gasteiger partial charge in [-0.3, -0.25) is 0 Å². The van der Waals surface area contributed by atoms with Crippen LogP contribution >= 0.6 is 0 Å². The molecule has 0 atom stereocenters. The molecule has 4 N–H and O–H groups in total. The van der Waals surface area contributed by atoms with Crippen molar-refractivity contribution in [1.29, 1.82) is 0 Å². The Hall–Kier alpha value is -0.890. The normalized spacial score (nSPS) is 9.50. The lowest BCUT2D eigenvalue weighted by Gasteiger charge is -2.06. The van der Waals surface area contributed by atoms with Crippen LogP contribution in [0.5, 0.6) is 0 Å². The first-order chi connectivity index (χ1) is 5.81. The van der Waals surface area contributed by atoms with Crippen molar-refractivity contribution in [2.24, 2.45) is 0 Å². The van der Waals surface area contributed by atoms with Gasteiger partial charge in [0.05, 0.1) is 0 Å². The van der Waals surface area contributed by atoms with Crippen LogP contribution in [0.4, 0.5) is 4.79 Å². The van der Waals surface area contributed by atoms with Gasteiger partial charge in [-0.25, -0.2) is 10.9 Å². The van der Waals surface area contributed by atoms with Crippen LogP contribution in [0.3, 0.4) is 0 Å². The van der Waals surface area contributed by atoms with Crippen LogP contribution in [0, 0.1) is 0 Å². The van der Waals surface area contributed by atoms with Gasteiger partial charge in [0, 0.05) is 13.1 Å². The predicted octanol–water partition coefficient (Wildman–Crippen LogP) is -0.802. The Morgan fingerprint density at radius 1 is 1.08 bits per heavy atom. The second kappa shape index (κ2) is 8.21. The summed E-state index contributed by atoms with van der Waals surface area (Å²) in [7, 11) is 0. The van der Waals surface area contributed by atoms with Gasteiger partial charge in [0.25, 0.3) is 0 Å². The van der Waals surface area contributed by atoms with Gasteiger partial charge in [-0.15, -0.1) is 0 Å². The fraction of sp³-hybridized carbons (Fsp3) is 0.800. The van der Waals surface area contributed by atoms with E-state index in [2.05, 4.69) is 31.7 Å². The molecule has 0 aliphatic carbocycles. The van der Waals surface area contributed by atoms with Crippen LogP contribution in [-0.4, -0.2) is 19.2 Å². The van der Waals surface area contributed by atoms with Gasteiger partial charge in [-0.2, -0.15) is 4.79 Å². The Morgan fingerprint density at radius 3 is 1.83 bits per heavy atom. The number of rotatable bonds is 6. The Morgan fingerprint density at radius 2 is 1.50 bits per heavy atom. The van der Waals surface area contributed by atoms with E-state index >= 15 is 0 Å². The second-order valence-electron chi connectivity index (χ2n) is 1.72. The molecule has 0 aliphatic rings. The lowest BCUT2D eigenvalue weighted by atomic mass is 10.8. The molecule has 0 fully saturated rings. The summed E-state index contributed by atoms with van der Waals surface area (Å²) in [5.41, 5.74) is 9.44. The molecule has 0 amide bonds. The van der Waals surface area contributed by atoms with Crippen LogP contribution in [0.25, 0.3) is 0 Å². The molecule has 7 nitrogen and oxygen atoms in total.